The van der Waals surface area contributed by atoms with Crippen LogP contribution in [0, 0.1) is 5.92 Å². The summed E-state index contributed by atoms with van der Waals surface area (Å²) in [6.45, 7) is 0. The fourth-order valence-corrected chi connectivity index (χ4v) is 2.84. The molecule has 2 heteroatoms. The topological polar surface area (TPSA) is 29.5 Å². The van der Waals surface area contributed by atoms with Gasteiger partial charge in [0.15, 0.2) is 0 Å². The van der Waals surface area contributed by atoms with Gasteiger partial charge in [0.2, 0.25) is 0 Å². The average Bonchev–Trinajstić information content (AvgIpc) is 2.36. The van der Waals surface area contributed by atoms with Crippen molar-refractivity contribution in [3.8, 4) is 5.75 Å². The summed E-state index contributed by atoms with van der Waals surface area (Å²) in [6, 6.07) is 12.4. The van der Waals surface area contributed by atoms with E-state index in [4.69, 9.17) is 4.74 Å². The van der Waals surface area contributed by atoms with E-state index in [1.165, 1.54) is 35.6 Å². The van der Waals surface area contributed by atoms with Gasteiger partial charge in [0.05, 0.1) is 13.2 Å². The van der Waals surface area contributed by atoms with Gasteiger partial charge < -0.3 is 9.84 Å². The number of hydrogen-bond acceptors (Lipinski definition) is 2. The Labute approximate surface area is 114 Å². The Kier molecular flexibility index (Phi) is 3.43. The van der Waals surface area contributed by atoms with Crippen LogP contribution in [0.25, 0.3) is 10.8 Å². The molecule has 19 heavy (non-hydrogen) atoms. The standard InChI is InChI=1S/C17H20O2/c1-19-15-9-8-12-4-2-7-14(16(12)11-15)10-17(18)13-5-3-6-13/h2,4,7-9,11,13,17-18H,3,5-6,10H2,1H3. The first-order valence-corrected chi connectivity index (χ1v) is 7.01. The van der Waals surface area contributed by atoms with Crippen LogP contribution in [0.2, 0.25) is 0 Å². The number of benzene rings is 2. The molecule has 1 aliphatic rings. The van der Waals surface area contributed by atoms with Gasteiger partial charge in [-0.3, -0.25) is 0 Å². The van der Waals surface area contributed by atoms with Crippen LogP contribution in [0.5, 0.6) is 5.75 Å². The van der Waals surface area contributed by atoms with Gasteiger partial charge in [-0.2, -0.15) is 0 Å². The molecule has 0 bridgehead atoms. The third-order valence-electron chi connectivity index (χ3n) is 4.30. The third-order valence-corrected chi connectivity index (χ3v) is 4.30. The molecule has 0 heterocycles. The molecule has 1 unspecified atom stereocenters. The van der Waals surface area contributed by atoms with Crippen molar-refractivity contribution >= 4 is 10.8 Å². The molecular formula is C17H20O2. The van der Waals surface area contributed by atoms with E-state index in [9.17, 15) is 5.11 Å². The molecule has 1 N–H and O–H groups in total. The summed E-state index contributed by atoms with van der Waals surface area (Å²) in [5.41, 5.74) is 1.22. The lowest BCUT2D eigenvalue weighted by Crippen LogP contribution is -2.28. The number of fused-ring (bicyclic) bond motifs is 1. The molecular weight excluding hydrogens is 236 g/mol. The van der Waals surface area contributed by atoms with Gasteiger partial charge in [-0.05, 0) is 53.6 Å². The number of hydrogen-bond donors (Lipinski definition) is 1. The zero-order valence-electron chi connectivity index (χ0n) is 11.3. The molecule has 0 amide bonds. The summed E-state index contributed by atoms with van der Waals surface area (Å²) in [6.07, 6.45) is 4.16. The summed E-state index contributed by atoms with van der Waals surface area (Å²) in [5, 5.41) is 12.7. The van der Waals surface area contributed by atoms with Crippen LogP contribution >= 0.6 is 0 Å². The maximum atomic E-state index is 10.3. The smallest absolute Gasteiger partial charge is 0.119 e. The zero-order chi connectivity index (χ0) is 13.2. The number of ether oxygens (including phenoxy) is 1. The minimum Gasteiger partial charge on any atom is -0.497 e. The molecule has 0 spiro atoms. The Balaban J connectivity index is 1.92. The predicted molar refractivity (Wildman–Crippen MR) is 77.6 cm³/mol. The monoisotopic (exact) mass is 256 g/mol. The molecule has 2 nitrogen and oxygen atoms in total. The number of aliphatic hydroxyl groups is 1. The predicted octanol–water partition coefficient (Wildman–Crippen LogP) is 3.55. The molecule has 1 fully saturated rings. The Morgan fingerprint density at radius 2 is 2.11 bits per heavy atom. The Morgan fingerprint density at radius 3 is 2.79 bits per heavy atom. The maximum Gasteiger partial charge on any atom is 0.119 e. The molecule has 2 aromatic rings. The van der Waals surface area contributed by atoms with E-state index in [1.807, 2.05) is 6.07 Å². The van der Waals surface area contributed by atoms with E-state index < -0.39 is 0 Å². The van der Waals surface area contributed by atoms with Crippen molar-refractivity contribution in [2.75, 3.05) is 7.11 Å². The van der Waals surface area contributed by atoms with E-state index in [-0.39, 0.29) is 6.10 Å². The summed E-state index contributed by atoms with van der Waals surface area (Å²) >= 11 is 0. The Morgan fingerprint density at radius 1 is 1.26 bits per heavy atom. The van der Waals surface area contributed by atoms with Crippen LogP contribution in [0.4, 0.5) is 0 Å². The highest BCUT2D eigenvalue weighted by molar-refractivity contribution is 5.87. The van der Waals surface area contributed by atoms with Crippen molar-refractivity contribution in [3.05, 3.63) is 42.0 Å². The summed E-state index contributed by atoms with van der Waals surface area (Å²) in [5.74, 6) is 1.37. The number of methoxy groups -OCH3 is 1. The summed E-state index contributed by atoms with van der Waals surface area (Å²) < 4.78 is 5.30. The van der Waals surface area contributed by atoms with Gasteiger partial charge in [-0.25, -0.2) is 0 Å². The summed E-state index contributed by atoms with van der Waals surface area (Å²) in [7, 11) is 1.69. The van der Waals surface area contributed by atoms with Crippen molar-refractivity contribution in [2.24, 2.45) is 5.92 Å². The molecule has 1 aliphatic carbocycles. The first-order valence-electron chi connectivity index (χ1n) is 7.01. The second kappa shape index (κ2) is 5.22. The largest absolute Gasteiger partial charge is 0.497 e. The second-order valence-corrected chi connectivity index (χ2v) is 5.47. The quantitative estimate of drug-likeness (QED) is 0.906. The third kappa shape index (κ3) is 2.45. The van der Waals surface area contributed by atoms with Gasteiger partial charge in [0, 0.05) is 0 Å². The molecule has 1 saturated carbocycles. The molecule has 0 aromatic heterocycles. The maximum absolute atomic E-state index is 10.3. The highest BCUT2D eigenvalue weighted by Crippen LogP contribution is 2.32. The van der Waals surface area contributed by atoms with Crippen molar-refractivity contribution in [1.82, 2.24) is 0 Å². The van der Waals surface area contributed by atoms with Crippen molar-refractivity contribution in [1.29, 1.82) is 0 Å². The fraction of sp³-hybridized carbons (Fsp3) is 0.412. The number of rotatable bonds is 4. The molecule has 0 saturated heterocycles. The van der Waals surface area contributed by atoms with Gasteiger partial charge in [0.25, 0.3) is 0 Å². The summed E-state index contributed by atoms with van der Waals surface area (Å²) in [4.78, 5) is 0. The molecule has 3 rings (SSSR count). The van der Waals surface area contributed by atoms with E-state index in [0.717, 1.165) is 12.2 Å². The number of aliphatic hydroxyl groups excluding tert-OH is 1. The van der Waals surface area contributed by atoms with E-state index in [2.05, 4.69) is 30.3 Å². The highest BCUT2D eigenvalue weighted by atomic mass is 16.5. The van der Waals surface area contributed by atoms with Gasteiger partial charge in [-0.15, -0.1) is 0 Å². The first kappa shape index (κ1) is 12.5. The van der Waals surface area contributed by atoms with Gasteiger partial charge >= 0.3 is 0 Å². The molecule has 0 radical (unpaired) electrons. The van der Waals surface area contributed by atoms with Crippen LogP contribution in [-0.4, -0.2) is 18.3 Å². The molecule has 100 valence electrons. The lowest BCUT2D eigenvalue weighted by Gasteiger charge is -2.30. The van der Waals surface area contributed by atoms with Crippen LogP contribution in [-0.2, 0) is 6.42 Å². The SMILES string of the molecule is COc1ccc2cccc(CC(O)C3CCC3)c2c1. The van der Waals surface area contributed by atoms with Gasteiger partial charge in [-0.1, -0.05) is 30.7 Å². The minimum absolute atomic E-state index is 0.203. The molecule has 1 atom stereocenters. The van der Waals surface area contributed by atoms with E-state index >= 15 is 0 Å². The van der Waals surface area contributed by atoms with E-state index in [1.54, 1.807) is 7.11 Å². The van der Waals surface area contributed by atoms with Crippen LogP contribution in [0.15, 0.2) is 36.4 Å². The Hall–Kier alpha value is -1.54. The van der Waals surface area contributed by atoms with Crippen molar-refractivity contribution in [2.45, 2.75) is 31.8 Å². The van der Waals surface area contributed by atoms with Crippen molar-refractivity contribution < 1.29 is 9.84 Å². The lowest BCUT2D eigenvalue weighted by molar-refractivity contribution is 0.0632. The van der Waals surface area contributed by atoms with Crippen LogP contribution < -0.4 is 4.74 Å². The minimum atomic E-state index is -0.203. The van der Waals surface area contributed by atoms with Crippen LogP contribution in [0.1, 0.15) is 24.8 Å². The zero-order valence-corrected chi connectivity index (χ0v) is 11.3. The fourth-order valence-electron chi connectivity index (χ4n) is 2.84. The first-order chi connectivity index (χ1) is 9.28. The molecule has 0 aliphatic heterocycles. The average molecular weight is 256 g/mol. The lowest BCUT2D eigenvalue weighted by atomic mass is 9.79. The van der Waals surface area contributed by atoms with Crippen molar-refractivity contribution in [3.63, 3.8) is 0 Å². The van der Waals surface area contributed by atoms with Crippen LogP contribution in [0.3, 0.4) is 0 Å². The molecule has 2 aromatic carbocycles. The van der Waals surface area contributed by atoms with E-state index in [0.29, 0.717) is 5.92 Å². The highest BCUT2D eigenvalue weighted by Gasteiger charge is 2.25. The Bertz CT molecular complexity index is 572. The van der Waals surface area contributed by atoms with Gasteiger partial charge in [0.1, 0.15) is 5.75 Å². The normalized spacial score (nSPS) is 17.2. The second-order valence-electron chi connectivity index (χ2n) is 5.47.